The van der Waals surface area contributed by atoms with Crippen molar-refractivity contribution in [2.75, 3.05) is 12.8 Å². The van der Waals surface area contributed by atoms with Crippen LogP contribution in [0.2, 0.25) is 0 Å². The van der Waals surface area contributed by atoms with Crippen molar-refractivity contribution in [2.45, 2.75) is 82.9 Å². The monoisotopic (exact) mass is 283 g/mol. The van der Waals surface area contributed by atoms with Crippen LogP contribution in [-0.2, 0) is 0 Å². The van der Waals surface area contributed by atoms with Crippen molar-refractivity contribution in [3.05, 3.63) is 0 Å². The number of hydrogen-bond acceptors (Lipinski definition) is 2. The molecule has 1 N–H and O–H groups in total. The van der Waals surface area contributed by atoms with Gasteiger partial charge in [0.2, 0.25) is 0 Å². The molecule has 2 aliphatic rings. The number of hydrogen-bond donors (Lipinski definition) is 1. The van der Waals surface area contributed by atoms with E-state index >= 15 is 0 Å². The van der Waals surface area contributed by atoms with Gasteiger partial charge < -0.3 is 5.32 Å². The molecule has 0 aliphatic heterocycles. The second-order valence-corrected chi connectivity index (χ2v) is 9.11. The topological polar surface area (TPSA) is 12.0 Å². The third-order valence-corrected chi connectivity index (χ3v) is 6.93. The van der Waals surface area contributed by atoms with Crippen molar-refractivity contribution >= 4 is 11.8 Å². The second kappa shape index (κ2) is 6.39. The van der Waals surface area contributed by atoms with Crippen LogP contribution in [0.1, 0.15) is 72.1 Å². The van der Waals surface area contributed by atoms with Gasteiger partial charge in [-0.15, -0.1) is 0 Å². The molecule has 0 spiro atoms. The van der Waals surface area contributed by atoms with Crippen molar-refractivity contribution in [3.8, 4) is 0 Å². The lowest BCUT2D eigenvalue weighted by atomic mass is 9.69. The molecule has 0 bridgehead atoms. The van der Waals surface area contributed by atoms with E-state index in [0.717, 1.165) is 12.0 Å². The summed E-state index contributed by atoms with van der Waals surface area (Å²) >= 11 is 2.11. The minimum atomic E-state index is 0.459. The van der Waals surface area contributed by atoms with Crippen molar-refractivity contribution in [2.24, 2.45) is 11.3 Å². The predicted molar refractivity (Wildman–Crippen MR) is 87.9 cm³/mol. The highest BCUT2D eigenvalue weighted by Gasteiger charge is 2.37. The van der Waals surface area contributed by atoms with Crippen LogP contribution in [0.4, 0.5) is 0 Å². The fraction of sp³-hybridized carbons (Fsp3) is 1.00. The van der Waals surface area contributed by atoms with Gasteiger partial charge in [0.25, 0.3) is 0 Å². The third kappa shape index (κ3) is 3.91. The zero-order valence-corrected chi connectivity index (χ0v) is 14.2. The van der Waals surface area contributed by atoms with Gasteiger partial charge in [0.1, 0.15) is 0 Å². The Morgan fingerprint density at radius 1 is 1.05 bits per heavy atom. The molecule has 2 fully saturated rings. The van der Waals surface area contributed by atoms with Crippen LogP contribution >= 0.6 is 11.8 Å². The summed E-state index contributed by atoms with van der Waals surface area (Å²) in [6, 6.07) is 0.762. The zero-order valence-electron chi connectivity index (χ0n) is 13.4. The van der Waals surface area contributed by atoms with Crippen LogP contribution in [0.25, 0.3) is 0 Å². The fourth-order valence-corrected chi connectivity index (χ4v) is 5.13. The molecule has 2 atom stereocenters. The highest BCUT2D eigenvalue weighted by atomic mass is 32.2. The summed E-state index contributed by atoms with van der Waals surface area (Å²) in [5.74, 6) is 0.863. The molecule has 0 saturated heterocycles. The maximum Gasteiger partial charge on any atom is 0.0281 e. The summed E-state index contributed by atoms with van der Waals surface area (Å²) in [4.78, 5) is 0. The lowest BCUT2D eigenvalue weighted by Crippen LogP contribution is -2.48. The highest BCUT2D eigenvalue weighted by molar-refractivity contribution is 8.00. The van der Waals surface area contributed by atoms with E-state index < -0.39 is 0 Å². The van der Waals surface area contributed by atoms with Gasteiger partial charge in [-0.25, -0.2) is 0 Å². The molecule has 0 aromatic rings. The molecule has 2 saturated carbocycles. The first-order valence-electron chi connectivity index (χ1n) is 8.25. The molecule has 0 radical (unpaired) electrons. The van der Waals surface area contributed by atoms with Crippen molar-refractivity contribution in [1.29, 1.82) is 0 Å². The van der Waals surface area contributed by atoms with Gasteiger partial charge in [0.05, 0.1) is 0 Å². The quantitative estimate of drug-likeness (QED) is 0.791. The van der Waals surface area contributed by atoms with Gasteiger partial charge in [-0.2, -0.15) is 11.8 Å². The molecule has 0 amide bonds. The molecule has 0 aromatic carbocycles. The zero-order chi connectivity index (χ0) is 13.9. The van der Waals surface area contributed by atoms with Crippen LogP contribution < -0.4 is 5.32 Å². The highest BCUT2D eigenvalue weighted by Crippen LogP contribution is 2.41. The van der Waals surface area contributed by atoms with Gasteiger partial charge in [-0.1, -0.05) is 46.5 Å². The molecule has 1 nitrogen and oxygen atoms in total. The van der Waals surface area contributed by atoms with Crippen LogP contribution in [0, 0.1) is 11.3 Å². The molecule has 19 heavy (non-hydrogen) atoms. The molecule has 2 heteroatoms. The van der Waals surface area contributed by atoms with Gasteiger partial charge in [0.15, 0.2) is 0 Å². The molecule has 2 rings (SSSR count). The second-order valence-electron chi connectivity index (χ2n) is 7.84. The summed E-state index contributed by atoms with van der Waals surface area (Å²) in [6.45, 7) is 8.53. The Bertz CT molecular complexity index is 275. The van der Waals surface area contributed by atoms with Gasteiger partial charge in [0, 0.05) is 17.3 Å². The smallest absolute Gasteiger partial charge is 0.0281 e. The maximum absolute atomic E-state index is 3.99. The SMILES string of the molecule is CSC1(CNC2CCCCC2C(C)(C)C)CCCC1. The van der Waals surface area contributed by atoms with Crippen LogP contribution in [0.3, 0.4) is 0 Å². The minimum Gasteiger partial charge on any atom is -0.312 e. The van der Waals surface area contributed by atoms with E-state index in [9.17, 15) is 0 Å². The van der Waals surface area contributed by atoms with E-state index in [0.29, 0.717) is 10.2 Å². The van der Waals surface area contributed by atoms with E-state index in [4.69, 9.17) is 0 Å². The van der Waals surface area contributed by atoms with Gasteiger partial charge in [-0.3, -0.25) is 0 Å². The Hall–Kier alpha value is 0.310. The standard InChI is InChI=1S/C17H33NS/c1-16(2,3)14-9-5-6-10-15(14)18-13-17(19-4)11-7-8-12-17/h14-15,18H,5-13H2,1-4H3. The predicted octanol–water partition coefficient (Wildman–Crippen LogP) is 4.86. The third-order valence-electron chi connectivity index (χ3n) is 5.51. The summed E-state index contributed by atoms with van der Waals surface area (Å²) in [5, 5.41) is 3.99. The maximum atomic E-state index is 3.99. The van der Waals surface area contributed by atoms with Gasteiger partial charge >= 0.3 is 0 Å². The lowest BCUT2D eigenvalue weighted by Gasteiger charge is -2.42. The Kier molecular flexibility index (Phi) is 5.28. The Labute approximate surface area is 124 Å². The Morgan fingerprint density at radius 3 is 2.26 bits per heavy atom. The van der Waals surface area contributed by atoms with E-state index in [1.807, 2.05) is 0 Å². The Balaban J connectivity index is 1.92. The van der Waals surface area contributed by atoms with E-state index in [-0.39, 0.29) is 0 Å². The fourth-order valence-electron chi connectivity index (χ4n) is 4.20. The molecular formula is C17H33NS. The summed E-state index contributed by atoms with van der Waals surface area (Å²) in [6.07, 6.45) is 13.7. The van der Waals surface area contributed by atoms with Crippen molar-refractivity contribution in [1.82, 2.24) is 5.32 Å². The largest absolute Gasteiger partial charge is 0.312 e. The van der Waals surface area contributed by atoms with Gasteiger partial charge in [-0.05, 0) is 43.3 Å². The lowest BCUT2D eigenvalue weighted by molar-refractivity contribution is 0.129. The molecule has 0 heterocycles. The molecular weight excluding hydrogens is 250 g/mol. The van der Waals surface area contributed by atoms with E-state index in [1.165, 1.54) is 57.9 Å². The first-order chi connectivity index (χ1) is 8.97. The molecule has 2 unspecified atom stereocenters. The minimum absolute atomic E-state index is 0.459. The molecule has 2 aliphatic carbocycles. The average molecular weight is 284 g/mol. The van der Waals surface area contributed by atoms with E-state index in [1.54, 1.807) is 0 Å². The van der Waals surface area contributed by atoms with Crippen LogP contribution in [-0.4, -0.2) is 23.6 Å². The molecule has 0 aromatic heterocycles. The Morgan fingerprint density at radius 2 is 1.68 bits per heavy atom. The first kappa shape index (κ1) is 15.7. The number of thioether (sulfide) groups is 1. The van der Waals surface area contributed by atoms with Crippen LogP contribution in [0.15, 0.2) is 0 Å². The normalized spacial score (nSPS) is 31.6. The first-order valence-corrected chi connectivity index (χ1v) is 9.48. The number of rotatable bonds is 4. The van der Waals surface area contributed by atoms with Crippen molar-refractivity contribution < 1.29 is 0 Å². The van der Waals surface area contributed by atoms with E-state index in [2.05, 4.69) is 44.1 Å². The molecule has 112 valence electrons. The number of nitrogens with one attached hydrogen (secondary N) is 1. The van der Waals surface area contributed by atoms with Crippen molar-refractivity contribution in [3.63, 3.8) is 0 Å². The average Bonchev–Trinajstić information content (AvgIpc) is 2.85. The summed E-state index contributed by atoms with van der Waals surface area (Å²) in [5.41, 5.74) is 0.459. The summed E-state index contributed by atoms with van der Waals surface area (Å²) in [7, 11) is 0. The summed E-state index contributed by atoms with van der Waals surface area (Å²) < 4.78 is 0.555. The van der Waals surface area contributed by atoms with Crippen LogP contribution in [0.5, 0.6) is 0 Å².